The smallest absolute Gasteiger partial charge is 0.323 e. The van der Waals surface area contributed by atoms with E-state index in [2.05, 4.69) is 10.0 Å². The summed E-state index contributed by atoms with van der Waals surface area (Å²) in [6.45, 7) is 5.65. The van der Waals surface area contributed by atoms with Crippen molar-refractivity contribution < 1.29 is 19.1 Å². The normalized spacial score (nSPS) is 21.6. The number of nitrogens with two attached hydrogens (primary N) is 1. The van der Waals surface area contributed by atoms with Gasteiger partial charge in [0.1, 0.15) is 29.9 Å². The van der Waals surface area contributed by atoms with Crippen molar-refractivity contribution in [1.29, 1.82) is 0 Å². The number of fused-ring (bicyclic) bond motifs is 1. The second-order valence-electron chi connectivity index (χ2n) is 10.1. The quantitative estimate of drug-likeness (QED) is 0.537. The van der Waals surface area contributed by atoms with Gasteiger partial charge in [0.2, 0.25) is 0 Å². The third kappa shape index (κ3) is 5.08. The first-order chi connectivity index (χ1) is 18.2. The molecular formula is C28H32ClN5O4. The average molecular weight is 538 g/mol. The molecule has 200 valence electrons. The van der Waals surface area contributed by atoms with E-state index in [4.69, 9.17) is 26.8 Å². The largest absolute Gasteiger partial charge is 0.495 e. The number of hydrogen-bond donors (Lipinski definition) is 1. The number of anilines is 2. The molecule has 3 atom stereocenters. The molecule has 0 radical (unpaired) electrons. The van der Waals surface area contributed by atoms with Gasteiger partial charge in [0.05, 0.1) is 31.6 Å². The minimum atomic E-state index is -0.631. The van der Waals surface area contributed by atoms with Crippen molar-refractivity contribution in [3.63, 3.8) is 0 Å². The van der Waals surface area contributed by atoms with Gasteiger partial charge in [0.15, 0.2) is 0 Å². The van der Waals surface area contributed by atoms with Gasteiger partial charge >= 0.3 is 5.97 Å². The first-order valence-corrected chi connectivity index (χ1v) is 13.1. The van der Waals surface area contributed by atoms with Gasteiger partial charge in [-0.1, -0.05) is 37.6 Å². The van der Waals surface area contributed by atoms with Crippen LogP contribution < -0.4 is 20.3 Å². The SMILES string of the molecule is COc1cc(N2C=NN3CC(c4ccc(Cl)cc4)C=C3C2=O)ccc1N1CC[C@@H](OC(=O)[C@@H](N)C(C)C)C1. The summed E-state index contributed by atoms with van der Waals surface area (Å²) in [5.74, 6) is 0.166. The van der Waals surface area contributed by atoms with E-state index in [0.29, 0.717) is 48.2 Å². The van der Waals surface area contributed by atoms with Crippen LogP contribution in [0.2, 0.25) is 5.02 Å². The molecule has 10 heteroatoms. The van der Waals surface area contributed by atoms with Crippen molar-refractivity contribution in [3.8, 4) is 5.75 Å². The molecule has 5 rings (SSSR count). The summed E-state index contributed by atoms with van der Waals surface area (Å²) in [4.78, 5) is 29.4. The lowest BCUT2D eigenvalue weighted by Crippen LogP contribution is -2.40. The van der Waals surface area contributed by atoms with Crippen molar-refractivity contribution in [3.05, 3.63) is 64.8 Å². The zero-order chi connectivity index (χ0) is 27.0. The second kappa shape index (κ2) is 10.7. The summed E-state index contributed by atoms with van der Waals surface area (Å²) in [5.41, 5.74) is 9.08. The van der Waals surface area contributed by atoms with Crippen molar-refractivity contribution >= 4 is 41.2 Å². The molecule has 0 bridgehead atoms. The maximum atomic E-state index is 13.4. The molecule has 1 saturated heterocycles. The fraction of sp³-hybridized carbons (Fsp3) is 0.393. The minimum Gasteiger partial charge on any atom is -0.495 e. The third-order valence-corrected chi connectivity index (χ3v) is 7.50. The molecular weight excluding hydrogens is 506 g/mol. The Labute approximate surface area is 227 Å². The summed E-state index contributed by atoms with van der Waals surface area (Å²) in [7, 11) is 1.60. The predicted molar refractivity (Wildman–Crippen MR) is 147 cm³/mol. The van der Waals surface area contributed by atoms with Gasteiger partial charge in [0.25, 0.3) is 5.91 Å². The molecule has 0 saturated carbocycles. The van der Waals surface area contributed by atoms with Crippen LogP contribution in [-0.4, -0.2) is 62.1 Å². The van der Waals surface area contributed by atoms with E-state index in [1.54, 1.807) is 18.5 Å². The van der Waals surface area contributed by atoms with Crippen LogP contribution in [0.4, 0.5) is 11.4 Å². The Bertz CT molecular complexity index is 1280. The molecule has 1 fully saturated rings. The van der Waals surface area contributed by atoms with Gasteiger partial charge in [-0.05, 0) is 41.8 Å². The van der Waals surface area contributed by atoms with Crippen molar-refractivity contribution in [2.75, 3.05) is 36.5 Å². The Morgan fingerprint density at radius 2 is 1.92 bits per heavy atom. The number of esters is 1. The number of hydrazone groups is 1. The number of rotatable bonds is 7. The Hall–Kier alpha value is -3.56. The third-order valence-electron chi connectivity index (χ3n) is 7.25. The molecule has 38 heavy (non-hydrogen) atoms. The van der Waals surface area contributed by atoms with E-state index in [-0.39, 0.29) is 29.8 Å². The number of methoxy groups -OCH3 is 1. The number of benzene rings is 2. The van der Waals surface area contributed by atoms with Crippen LogP contribution in [-0.2, 0) is 14.3 Å². The Kier molecular flexibility index (Phi) is 7.32. The van der Waals surface area contributed by atoms with Crippen LogP contribution >= 0.6 is 11.6 Å². The second-order valence-corrected chi connectivity index (χ2v) is 10.6. The van der Waals surface area contributed by atoms with E-state index in [0.717, 1.165) is 11.3 Å². The molecule has 2 N–H and O–H groups in total. The van der Waals surface area contributed by atoms with Gasteiger partial charge in [0, 0.05) is 30.0 Å². The number of amides is 1. The molecule has 3 heterocycles. The van der Waals surface area contributed by atoms with Crippen molar-refractivity contribution in [2.24, 2.45) is 16.8 Å². The number of nitrogens with zero attached hydrogens (tertiary/aromatic N) is 4. The zero-order valence-electron chi connectivity index (χ0n) is 21.7. The Morgan fingerprint density at radius 1 is 1.16 bits per heavy atom. The maximum absolute atomic E-state index is 13.4. The highest BCUT2D eigenvalue weighted by molar-refractivity contribution is 6.30. The Morgan fingerprint density at radius 3 is 2.63 bits per heavy atom. The molecule has 2 aromatic carbocycles. The van der Waals surface area contributed by atoms with E-state index < -0.39 is 6.04 Å². The molecule has 0 aliphatic carbocycles. The molecule has 3 aliphatic rings. The summed E-state index contributed by atoms with van der Waals surface area (Å²) < 4.78 is 11.3. The monoisotopic (exact) mass is 537 g/mol. The predicted octanol–water partition coefficient (Wildman–Crippen LogP) is 3.73. The minimum absolute atomic E-state index is 0.0177. The molecule has 2 aromatic rings. The fourth-order valence-corrected chi connectivity index (χ4v) is 5.05. The molecule has 1 amide bonds. The Balaban J connectivity index is 1.30. The topological polar surface area (TPSA) is 101 Å². The van der Waals surface area contributed by atoms with E-state index in [1.807, 2.05) is 62.4 Å². The highest BCUT2D eigenvalue weighted by Gasteiger charge is 2.35. The van der Waals surface area contributed by atoms with Crippen LogP contribution in [0, 0.1) is 5.92 Å². The van der Waals surface area contributed by atoms with E-state index >= 15 is 0 Å². The summed E-state index contributed by atoms with van der Waals surface area (Å²) >= 11 is 6.03. The van der Waals surface area contributed by atoms with Crippen LogP contribution in [0.15, 0.2) is 59.3 Å². The van der Waals surface area contributed by atoms with Crippen LogP contribution in [0.3, 0.4) is 0 Å². The molecule has 3 aliphatic heterocycles. The summed E-state index contributed by atoms with van der Waals surface area (Å²) in [6, 6.07) is 12.6. The van der Waals surface area contributed by atoms with Crippen LogP contribution in [0.5, 0.6) is 5.75 Å². The van der Waals surface area contributed by atoms with Crippen LogP contribution in [0.1, 0.15) is 31.7 Å². The molecule has 1 unspecified atom stereocenters. The molecule has 0 spiro atoms. The van der Waals surface area contributed by atoms with Crippen molar-refractivity contribution in [1.82, 2.24) is 5.01 Å². The van der Waals surface area contributed by atoms with Gasteiger partial charge in [-0.3, -0.25) is 19.5 Å². The summed E-state index contributed by atoms with van der Waals surface area (Å²) in [6.07, 6.45) is 3.97. The average Bonchev–Trinajstić information content (AvgIpc) is 3.56. The summed E-state index contributed by atoms with van der Waals surface area (Å²) in [5, 5.41) is 6.93. The first kappa shape index (κ1) is 26.1. The van der Waals surface area contributed by atoms with Gasteiger partial charge in [-0.25, -0.2) is 0 Å². The first-order valence-electron chi connectivity index (χ1n) is 12.8. The lowest BCUT2D eigenvalue weighted by atomic mass is 10.0. The van der Waals surface area contributed by atoms with E-state index in [9.17, 15) is 9.59 Å². The molecule has 9 nitrogen and oxygen atoms in total. The van der Waals surface area contributed by atoms with Crippen molar-refractivity contribution in [2.45, 2.75) is 38.3 Å². The number of carbonyl (C=O) groups is 2. The van der Waals surface area contributed by atoms with Crippen LogP contribution in [0.25, 0.3) is 0 Å². The lowest BCUT2D eigenvalue weighted by molar-refractivity contribution is -0.150. The number of carbonyl (C=O) groups excluding carboxylic acids is 2. The lowest BCUT2D eigenvalue weighted by Gasteiger charge is -2.28. The zero-order valence-corrected chi connectivity index (χ0v) is 22.5. The maximum Gasteiger partial charge on any atom is 0.323 e. The van der Waals surface area contributed by atoms with Gasteiger partial charge in [-0.2, -0.15) is 5.10 Å². The highest BCUT2D eigenvalue weighted by atomic mass is 35.5. The van der Waals surface area contributed by atoms with E-state index in [1.165, 1.54) is 4.90 Å². The molecule has 0 aromatic heterocycles. The van der Waals surface area contributed by atoms with Gasteiger partial charge < -0.3 is 20.1 Å². The fourth-order valence-electron chi connectivity index (χ4n) is 4.93. The number of ether oxygens (including phenoxy) is 2. The highest BCUT2D eigenvalue weighted by Crippen LogP contribution is 2.37. The number of halogens is 1. The van der Waals surface area contributed by atoms with Gasteiger partial charge in [-0.15, -0.1) is 0 Å². The standard InChI is InChI=1S/C28H32ClN5O4/c1-17(2)26(30)28(36)38-22-10-11-32(15-22)23-9-8-21(13-25(23)37-3)33-16-31-34-14-19(12-24(34)27(33)35)18-4-6-20(29)7-5-18/h4-9,12-13,16-17,19,22,26H,10-11,14-15,30H2,1-3H3/t19?,22-,26+/m1/s1. The number of hydrogen-bond acceptors (Lipinski definition) is 8.